The Balaban J connectivity index is 2.07. The van der Waals surface area contributed by atoms with Gasteiger partial charge in [0.1, 0.15) is 0 Å². The van der Waals surface area contributed by atoms with Gasteiger partial charge in [0.25, 0.3) is 0 Å². The zero-order valence-electron chi connectivity index (χ0n) is 12.2. The fourth-order valence-corrected chi connectivity index (χ4v) is 2.16. The molecule has 0 aliphatic heterocycles. The van der Waals surface area contributed by atoms with Crippen molar-refractivity contribution in [3.8, 4) is 0 Å². The summed E-state index contributed by atoms with van der Waals surface area (Å²) in [5, 5.41) is 0. The summed E-state index contributed by atoms with van der Waals surface area (Å²) in [6.07, 6.45) is 1.47. The molecular formula is C19H15NO2. The van der Waals surface area contributed by atoms with Gasteiger partial charge in [0, 0.05) is 11.1 Å². The molecule has 3 aromatic rings. The van der Waals surface area contributed by atoms with Crippen molar-refractivity contribution in [1.29, 1.82) is 0 Å². The lowest BCUT2D eigenvalue weighted by atomic mass is 10.0. The Bertz CT molecular complexity index is 785. The predicted octanol–water partition coefficient (Wildman–Crippen LogP) is 4.27. The molecule has 0 saturated carbocycles. The van der Waals surface area contributed by atoms with Crippen molar-refractivity contribution < 1.29 is 9.21 Å². The van der Waals surface area contributed by atoms with E-state index < -0.39 is 0 Å². The SMILES string of the molecule is Cc1ccc(C(=NC(=O)c2ccco2)c2ccccc2)cc1. The van der Waals surface area contributed by atoms with Crippen molar-refractivity contribution in [3.63, 3.8) is 0 Å². The van der Waals surface area contributed by atoms with Crippen LogP contribution >= 0.6 is 0 Å². The molecule has 3 nitrogen and oxygen atoms in total. The van der Waals surface area contributed by atoms with E-state index in [0.29, 0.717) is 5.71 Å². The summed E-state index contributed by atoms with van der Waals surface area (Å²) in [5.41, 5.74) is 3.60. The molecule has 2 aromatic carbocycles. The van der Waals surface area contributed by atoms with E-state index in [1.165, 1.54) is 6.26 Å². The third-order valence-corrected chi connectivity index (χ3v) is 3.32. The second-order valence-corrected chi connectivity index (χ2v) is 4.97. The van der Waals surface area contributed by atoms with Crippen LogP contribution in [-0.2, 0) is 0 Å². The predicted molar refractivity (Wildman–Crippen MR) is 86.3 cm³/mol. The van der Waals surface area contributed by atoms with Gasteiger partial charge in [-0.3, -0.25) is 4.79 Å². The highest BCUT2D eigenvalue weighted by atomic mass is 16.3. The van der Waals surface area contributed by atoms with Crippen LogP contribution in [0.4, 0.5) is 0 Å². The number of rotatable bonds is 3. The molecule has 0 fully saturated rings. The number of hydrogen-bond donors (Lipinski definition) is 0. The van der Waals surface area contributed by atoms with Gasteiger partial charge in [-0.15, -0.1) is 0 Å². The molecule has 3 rings (SSSR count). The van der Waals surface area contributed by atoms with E-state index in [0.717, 1.165) is 16.7 Å². The van der Waals surface area contributed by atoms with Gasteiger partial charge in [0.15, 0.2) is 5.76 Å². The number of furan rings is 1. The maximum absolute atomic E-state index is 12.2. The van der Waals surface area contributed by atoms with Crippen LogP contribution in [-0.4, -0.2) is 11.6 Å². The first-order valence-electron chi connectivity index (χ1n) is 7.03. The summed E-state index contributed by atoms with van der Waals surface area (Å²) in [7, 11) is 0. The normalized spacial score (nSPS) is 11.4. The fraction of sp³-hybridized carbons (Fsp3) is 0.0526. The number of carbonyl (C=O) groups is 1. The summed E-state index contributed by atoms with van der Waals surface area (Å²) >= 11 is 0. The van der Waals surface area contributed by atoms with Crippen molar-refractivity contribution in [2.45, 2.75) is 6.92 Å². The van der Waals surface area contributed by atoms with Crippen LogP contribution in [0.1, 0.15) is 27.2 Å². The van der Waals surface area contributed by atoms with Crippen molar-refractivity contribution in [3.05, 3.63) is 95.4 Å². The quantitative estimate of drug-likeness (QED) is 0.676. The Morgan fingerprint density at radius 1 is 0.864 bits per heavy atom. The summed E-state index contributed by atoms with van der Waals surface area (Å²) in [6, 6.07) is 20.9. The van der Waals surface area contributed by atoms with Gasteiger partial charge < -0.3 is 4.42 Å². The minimum absolute atomic E-state index is 0.237. The Morgan fingerprint density at radius 2 is 1.55 bits per heavy atom. The standard InChI is InChI=1S/C19H15NO2/c1-14-9-11-16(12-10-14)18(15-6-3-2-4-7-15)20-19(21)17-8-5-13-22-17/h2-13H,1H3. The number of aryl methyl sites for hydroxylation is 1. The lowest BCUT2D eigenvalue weighted by molar-refractivity contribution is 0.0976. The van der Waals surface area contributed by atoms with Crippen LogP contribution in [0.25, 0.3) is 0 Å². The van der Waals surface area contributed by atoms with E-state index in [9.17, 15) is 4.79 Å². The van der Waals surface area contributed by atoms with Crippen LogP contribution in [0.2, 0.25) is 0 Å². The number of carbonyl (C=O) groups excluding carboxylic acids is 1. The van der Waals surface area contributed by atoms with Crippen molar-refractivity contribution >= 4 is 11.6 Å². The molecule has 1 aromatic heterocycles. The van der Waals surface area contributed by atoms with Gasteiger partial charge >= 0.3 is 5.91 Å². The topological polar surface area (TPSA) is 42.6 Å². The van der Waals surface area contributed by atoms with E-state index in [1.54, 1.807) is 12.1 Å². The molecule has 0 unspecified atom stereocenters. The first kappa shape index (κ1) is 14.0. The van der Waals surface area contributed by atoms with Crippen molar-refractivity contribution in [2.24, 2.45) is 4.99 Å². The zero-order chi connectivity index (χ0) is 15.4. The fourth-order valence-electron chi connectivity index (χ4n) is 2.16. The van der Waals surface area contributed by atoms with E-state index in [2.05, 4.69) is 4.99 Å². The first-order chi connectivity index (χ1) is 10.7. The first-order valence-corrected chi connectivity index (χ1v) is 7.03. The minimum atomic E-state index is -0.385. The Kier molecular flexibility index (Phi) is 3.97. The molecule has 22 heavy (non-hydrogen) atoms. The average molecular weight is 289 g/mol. The molecule has 0 spiro atoms. The zero-order valence-corrected chi connectivity index (χ0v) is 12.2. The van der Waals surface area contributed by atoms with Crippen LogP contribution in [0.15, 0.2) is 82.4 Å². The molecule has 1 heterocycles. The summed E-state index contributed by atoms with van der Waals surface area (Å²) in [4.78, 5) is 16.5. The largest absolute Gasteiger partial charge is 0.459 e. The Morgan fingerprint density at radius 3 is 2.18 bits per heavy atom. The van der Waals surface area contributed by atoms with Gasteiger partial charge in [0.2, 0.25) is 0 Å². The number of nitrogens with zero attached hydrogens (tertiary/aromatic N) is 1. The van der Waals surface area contributed by atoms with Gasteiger partial charge in [-0.25, -0.2) is 4.99 Å². The van der Waals surface area contributed by atoms with Gasteiger partial charge in [-0.1, -0.05) is 60.2 Å². The van der Waals surface area contributed by atoms with Crippen LogP contribution in [0, 0.1) is 6.92 Å². The number of amides is 1. The monoisotopic (exact) mass is 289 g/mol. The third kappa shape index (κ3) is 3.04. The smallest absolute Gasteiger partial charge is 0.313 e. The molecule has 0 bridgehead atoms. The maximum atomic E-state index is 12.2. The number of hydrogen-bond acceptors (Lipinski definition) is 2. The second kappa shape index (κ2) is 6.22. The molecule has 0 radical (unpaired) electrons. The van der Waals surface area contributed by atoms with Gasteiger partial charge in [-0.2, -0.15) is 0 Å². The van der Waals surface area contributed by atoms with E-state index in [-0.39, 0.29) is 11.7 Å². The van der Waals surface area contributed by atoms with Gasteiger partial charge in [-0.05, 0) is 19.1 Å². The maximum Gasteiger partial charge on any atom is 0.313 e. The highest BCUT2D eigenvalue weighted by molar-refractivity contribution is 6.18. The molecule has 3 heteroatoms. The summed E-state index contributed by atoms with van der Waals surface area (Å²) in [6.45, 7) is 2.02. The molecule has 0 aliphatic rings. The lowest BCUT2D eigenvalue weighted by Gasteiger charge is -2.07. The van der Waals surface area contributed by atoms with Crippen LogP contribution in [0.3, 0.4) is 0 Å². The average Bonchev–Trinajstić information content (AvgIpc) is 3.09. The Hall–Kier alpha value is -2.94. The molecule has 0 aliphatic carbocycles. The van der Waals surface area contributed by atoms with Gasteiger partial charge in [0.05, 0.1) is 12.0 Å². The third-order valence-electron chi connectivity index (χ3n) is 3.32. The Labute approximate surface area is 128 Å². The molecule has 1 amide bonds. The molecule has 0 N–H and O–H groups in total. The van der Waals surface area contributed by atoms with Crippen molar-refractivity contribution in [2.75, 3.05) is 0 Å². The lowest BCUT2D eigenvalue weighted by Crippen LogP contribution is -2.07. The summed E-state index contributed by atoms with van der Waals surface area (Å²) in [5.74, 6) is -0.148. The molecule has 108 valence electrons. The van der Waals surface area contributed by atoms with E-state index in [4.69, 9.17) is 4.42 Å². The van der Waals surface area contributed by atoms with E-state index in [1.807, 2.05) is 61.5 Å². The minimum Gasteiger partial charge on any atom is -0.459 e. The van der Waals surface area contributed by atoms with Crippen molar-refractivity contribution in [1.82, 2.24) is 0 Å². The summed E-state index contributed by atoms with van der Waals surface area (Å²) < 4.78 is 5.13. The molecule has 0 atom stereocenters. The highest BCUT2D eigenvalue weighted by Crippen LogP contribution is 2.14. The van der Waals surface area contributed by atoms with Crippen LogP contribution in [0.5, 0.6) is 0 Å². The number of aliphatic imine (C=N–C) groups is 1. The van der Waals surface area contributed by atoms with Crippen LogP contribution < -0.4 is 0 Å². The highest BCUT2D eigenvalue weighted by Gasteiger charge is 2.12. The molecule has 0 saturated heterocycles. The number of benzene rings is 2. The second-order valence-electron chi connectivity index (χ2n) is 4.97. The molecular weight excluding hydrogens is 274 g/mol. The van der Waals surface area contributed by atoms with E-state index >= 15 is 0 Å².